The Hall–Kier alpha value is -1.86. The number of nitrogens with zero attached hydrogens (tertiary/aromatic N) is 2. The fraction of sp³-hybridized carbons (Fsp3) is 0.455. The molecule has 0 atom stereocenters. The van der Waals surface area contributed by atoms with E-state index in [4.69, 9.17) is 14.9 Å². The van der Waals surface area contributed by atoms with Crippen molar-refractivity contribution in [2.45, 2.75) is 0 Å². The second-order valence-electron chi connectivity index (χ2n) is 3.55. The number of hydrogen-bond donors (Lipinski definition) is 2. The third-order valence-corrected chi connectivity index (χ3v) is 2.46. The standard InChI is InChI=1S/C11H16N2O5/c1-18-9-2-3-10(11(8-9)13(16)17)12(4-6-14)5-7-15/h2-3,8,14-15H,4-7H2,1H3. The van der Waals surface area contributed by atoms with Crippen molar-refractivity contribution in [2.75, 3.05) is 38.3 Å². The molecule has 0 aliphatic carbocycles. The first-order valence-corrected chi connectivity index (χ1v) is 5.43. The number of benzene rings is 1. The van der Waals surface area contributed by atoms with Crippen molar-refractivity contribution in [3.05, 3.63) is 28.3 Å². The van der Waals surface area contributed by atoms with Crippen molar-refractivity contribution in [3.8, 4) is 5.75 Å². The molecule has 18 heavy (non-hydrogen) atoms. The average Bonchev–Trinajstić information content (AvgIpc) is 2.37. The second kappa shape index (κ2) is 6.77. The van der Waals surface area contributed by atoms with Crippen LogP contribution >= 0.6 is 0 Å². The van der Waals surface area contributed by atoms with Gasteiger partial charge >= 0.3 is 0 Å². The number of hydrogen-bond acceptors (Lipinski definition) is 6. The zero-order chi connectivity index (χ0) is 13.5. The Morgan fingerprint density at radius 1 is 1.33 bits per heavy atom. The Kier molecular flexibility index (Phi) is 5.34. The topological polar surface area (TPSA) is 96.1 Å². The normalized spacial score (nSPS) is 10.2. The van der Waals surface area contributed by atoms with E-state index in [1.807, 2.05) is 0 Å². The molecule has 7 heteroatoms. The van der Waals surface area contributed by atoms with E-state index in [1.54, 1.807) is 17.0 Å². The van der Waals surface area contributed by atoms with E-state index in [1.165, 1.54) is 13.2 Å². The van der Waals surface area contributed by atoms with Gasteiger partial charge in [-0.25, -0.2) is 0 Å². The smallest absolute Gasteiger partial charge is 0.296 e. The summed E-state index contributed by atoms with van der Waals surface area (Å²) >= 11 is 0. The lowest BCUT2D eigenvalue weighted by molar-refractivity contribution is -0.384. The molecule has 0 aliphatic heterocycles. The number of ether oxygens (including phenoxy) is 1. The van der Waals surface area contributed by atoms with Crippen LogP contribution in [-0.4, -0.2) is 48.5 Å². The van der Waals surface area contributed by atoms with Gasteiger partial charge in [0.2, 0.25) is 0 Å². The van der Waals surface area contributed by atoms with Gasteiger partial charge in [0.1, 0.15) is 11.4 Å². The fourth-order valence-corrected chi connectivity index (χ4v) is 1.64. The molecule has 0 radical (unpaired) electrons. The molecule has 0 heterocycles. The van der Waals surface area contributed by atoms with Crippen LogP contribution in [0.25, 0.3) is 0 Å². The van der Waals surface area contributed by atoms with Crippen LogP contribution in [0, 0.1) is 10.1 Å². The van der Waals surface area contributed by atoms with Gasteiger partial charge in [0.05, 0.1) is 31.3 Å². The number of aliphatic hydroxyl groups excluding tert-OH is 2. The molecule has 0 saturated carbocycles. The summed E-state index contributed by atoms with van der Waals surface area (Å²) in [5, 5.41) is 28.9. The van der Waals surface area contributed by atoms with Crippen molar-refractivity contribution >= 4 is 11.4 Å². The highest BCUT2D eigenvalue weighted by molar-refractivity contribution is 5.65. The lowest BCUT2D eigenvalue weighted by atomic mass is 10.2. The van der Waals surface area contributed by atoms with Gasteiger partial charge in [0.15, 0.2) is 0 Å². The molecule has 1 aromatic rings. The van der Waals surface area contributed by atoms with Gasteiger partial charge < -0.3 is 19.8 Å². The van der Waals surface area contributed by atoms with Crippen LogP contribution in [-0.2, 0) is 0 Å². The highest BCUT2D eigenvalue weighted by atomic mass is 16.6. The molecule has 7 nitrogen and oxygen atoms in total. The van der Waals surface area contributed by atoms with Gasteiger partial charge in [0.25, 0.3) is 5.69 Å². The molecule has 1 aromatic carbocycles. The van der Waals surface area contributed by atoms with Crippen LogP contribution in [0.3, 0.4) is 0 Å². The Bertz CT molecular complexity index is 404. The largest absolute Gasteiger partial charge is 0.496 e. The molecule has 0 amide bonds. The molecular formula is C11H16N2O5. The SMILES string of the molecule is COc1ccc(N(CCO)CCO)c([N+](=O)[O-])c1. The van der Waals surface area contributed by atoms with Crippen molar-refractivity contribution in [1.29, 1.82) is 0 Å². The molecule has 0 aromatic heterocycles. The van der Waals surface area contributed by atoms with Crippen LogP contribution in [0.15, 0.2) is 18.2 Å². The summed E-state index contributed by atoms with van der Waals surface area (Å²) in [4.78, 5) is 12.0. The van der Waals surface area contributed by atoms with Crippen molar-refractivity contribution in [1.82, 2.24) is 0 Å². The molecule has 0 spiro atoms. The lowest BCUT2D eigenvalue weighted by Crippen LogP contribution is -2.30. The van der Waals surface area contributed by atoms with Gasteiger partial charge in [-0.3, -0.25) is 10.1 Å². The zero-order valence-electron chi connectivity index (χ0n) is 10.1. The van der Waals surface area contributed by atoms with Gasteiger partial charge in [0, 0.05) is 13.1 Å². The highest BCUT2D eigenvalue weighted by Crippen LogP contribution is 2.31. The Morgan fingerprint density at radius 2 is 1.94 bits per heavy atom. The maximum atomic E-state index is 11.0. The Labute approximate surface area is 104 Å². The Balaban J connectivity index is 3.15. The number of nitro groups is 1. The van der Waals surface area contributed by atoms with Gasteiger partial charge in [-0.15, -0.1) is 0 Å². The van der Waals surface area contributed by atoms with E-state index in [-0.39, 0.29) is 32.0 Å². The summed E-state index contributed by atoms with van der Waals surface area (Å²) in [5.74, 6) is 0.387. The number of nitro benzene ring substituents is 1. The molecular weight excluding hydrogens is 240 g/mol. The fourth-order valence-electron chi connectivity index (χ4n) is 1.64. The maximum Gasteiger partial charge on any atom is 0.296 e. The zero-order valence-corrected chi connectivity index (χ0v) is 10.1. The number of methoxy groups -OCH3 is 1. The summed E-state index contributed by atoms with van der Waals surface area (Å²) < 4.78 is 4.94. The first-order valence-electron chi connectivity index (χ1n) is 5.43. The third kappa shape index (κ3) is 3.31. The molecule has 0 bridgehead atoms. The van der Waals surface area contributed by atoms with E-state index in [0.29, 0.717) is 11.4 Å². The molecule has 2 N–H and O–H groups in total. The monoisotopic (exact) mass is 256 g/mol. The Morgan fingerprint density at radius 3 is 2.39 bits per heavy atom. The van der Waals surface area contributed by atoms with Crippen molar-refractivity contribution in [2.24, 2.45) is 0 Å². The van der Waals surface area contributed by atoms with Crippen molar-refractivity contribution in [3.63, 3.8) is 0 Å². The minimum Gasteiger partial charge on any atom is -0.496 e. The average molecular weight is 256 g/mol. The summed E-state index contributed by atoms with van der Waals surface area (Å²) in [6.45, 7) is 0.133. The lowest BCUT2D eigenvalue weighted by Gasteiger charge is -2.22. The first kappa shape index (κ1) is 14.2. The van der Waals surface area contributed by atoms with Crippen LogP contribution in [0.4, 0.5) is 11.4 Å². The molecule has 0 fully saturated rings. The van der Waals surface area contributed by atoms with Crippen LogP contribution in [0.2, 0.25) is 0 Å². The van der Waals surface area contributed by atoms with Gasteiger partial charge in [-0.1, -0.05) is 0 Å². The second-order valence-corrected chi connectivity index (χ2v) is 3.55. The first-order chi connectivity index (χ1) is 8.63. The van der Waals surface area contributed by atoms with E-state index in [2.05, 4.69) is 0 Å². The van der Waals surface area contributed by atoms with Crippen LogP contribution < -0.4 is 9.64 Å². The molecule has 1 rings (SSSR count). The van der Waals surface area contributed by atoms with Crippen LogP contribution in [0.5, 0.6) is 5.75 Å². The van der Waals surface area contributed by atoms with E-state index >= 15 is 0 Å². The third-order valence-electron chi connectivity index (χ3n) is 2.46. The minimum absolute atomic E-state index is 0.115. The summed E-state index contributed by atoms with van der Waals surface area (Å²) in [6, 6.07) is 4.46. The summed E-state index contributed by atoms with van der Waals surface area (Å²) in [5.41, 5.74) is 0.236. The van der Waals surface area contributed by atoms with Gasteiger partial charge in [-0.05, 0) is 12.1 Å². The minimum atomic E-state index is -0.514. The number of rotatable bonds is 7. The predicted molar refractivity (Wildman–Crippen MR) is 66.0 cm³/mol. The summed E-state index contributed by atoms with van der Waals surface area (Å²) in [7, 11) is 1.43. The number of aliphatic hydroxyl groups is 2. The van der Waals surface area contributed by atoms with Crippen molar-refractivity contribution < 1.29 is 19.9 Å². The summed E-state index contributed by atoms with van der Waals surface area (Å²) in [6.07, 6.45) is 0. The van der Waals surface area contributed by atoms with E-state index in [0.717, 1.165) is 0 Å². The van der Waals surface area contributed by atoms with E-state index in [9.17, 15) is 10.1 Å². The molecule has 100 valence electrons. The molecule has 0 unspecified atom stereocenters. The van der Waals surface area contributed by atoms with Gasteiger partial charge in [-0.2, -0.15) is 0 Å². The quantitative estimate of drug-likeness (QED) is 0.541. The maximum absolute atomic E-state index is 11.0. The number of anilines is 1. The van der Waals surface area contributed by atoms with Crippen LogP contribution in [0.1, 0.15) is 0 Å². The molecule has 0 saturated heterocycles. The predicted octanol–water partition coefficient (Wildman–Crippen LogP) is 0.394. The molecule has 0 aliphatic rings. The highest BCUT2D eigenvalue weighted by Gasteiger charge is 2.19. The van der Waals surface area contributed by atoms with E-state index < -0.39 is 4.92 Å².